The van der Waals surface area contributed by atoms with Gasteiger partial charge in [-0.2, -0.15) is 4.98 Å². The van der Waals surface area contributed by atoms with Crippen LogP contribution in [0.4, 0.5) is 11.8 Å². The maximum Gasteiger partial charge on any atom is 0.224 e. The Hall–Kier alpha value is -2.10. The number of benzene rings is 1. The summed E-state index contributed by atoms with van der Waals surface area (Å²) in [5, 5.41) is 2.99. The molecule has 1 aromatic heterocycles. The van der Waals surface area contributed by atoms with Crippen molar-refractivity contribution in [1.82, 2.24) is 9.97 Å². The Labute approximate surface area is 113 Å². The Balaban J connectivity index is 1.81. The molecule has 0 spiro atoms. The van der Waals surface area contributed by atoms with Gasteiger partial charge < -0.3 is 10.2 Å². The van der Waals surface area contributed by atoms with Crippen LogP contribution in [0.1, 0.15) is 11.1 Å². The van der Waals surface area contributed by atoms with Gasteiger partial charge in [-0.3, -0.25) is 0 Å². The molecule has 1 aliphatic rings. The van der Waals surface area contributed by atoms with Gasteiger partial charge in [0.1, 0.15) is 5.82 Å². The molecule has 19 heavy (non-hydrogen) atoms. The van der Waals surface area contributed by atoms with E-state index in [1.165, 1.54) is 11.1 Å². The van der Waals surface area contributed by atoms with Gasteiger partial charge in [0.05, 0.1) is 0 Å². The molecule has 4 heteroatoms. The Kier molecular flexibility index (Phi) is 3.31. The summed E-state index contributed by atoms with van der Waals surface area (Å²) in [5.74, 6) is 1.69. The molecular weight excluding hydrogens is 236 g/mol. The van der Waals surface area contributed by atoms with Gasteiger partial charge in [-0.05, 0) is 30.0 Å². The topological polar surface area (TPSA) is 41.1 Å². The number of hydrogen-bond acceptors (Lipinski definition) is 4. The molecule has 1 aliphatic heterocycles. The minimum Gasteiger partial charge on any atom is -0.357 e. The van der Waals surface area contributed by atoms with E-state index >= 15 is 0 Å². The summed E-state index contributed by atoms with van der Waals surface area (Å²) in [7, 11) is 1.84. The molecule has 0 bridgehead atoms. The third kappa shape index (κ3) is 2.52. The molecule has 1 aromatic carbocycles. The van der Waals surface area contributed by atoms with E-state index in [0.717, 1.165) is 31.7 Å². The largest absolute Gasteiger partial charge is 0.357 e. The highest BCUT2D eigenvalue weighted by atomic mass is 15.2. The lowest BCUT2D eigenvalue weighted by Gasteiger charge is -2.21. The first kappa shape index (κ1) is 12.0. The number of rotatable bonds is 2. The lowest BCUT2D eigenvalue weighted by molar-refractivity contribution is 0.789. The van der Waals surface area contributed by atoms with Crippen LogP contribution < -0.4 is 10.2 Å². The fraction of sp³-hybridized carbons (Fsp3) is 0.333. The molecule has 0 saturated heterocycles. The highest BCUT2D eigenvalue weighted by Gasteiger charge is 2.15. The van der Waals surface area contributed by atoms with Crippen molar-refractivity contribution in [2.45, 2.75) is 12.8 Å². The first-order valence-corrected chi connectivity index (χ1v) is 6.69. The molecule has 2 aromatic rings. The molecule has 0 aliphatic carbocycles. The van der Waals surface area contributed by atoms with Crippen LogP contribution >= 0.6 is 0 Å². The van der Waals surface area contributed by atoms with Crippen LogP contribution in [0, 0.1) is 0 Å². The van der Waals surface area contributed by atoms with Crippen molar-refractivity contribution in [3.05, 3.63) is 47.7 Å². The van der Waals surface area contributed by atoms with Gasteiger partial charge in [0.25, 0.3) is 0 Å². The SMILES string of the molecule is CNc1nccc(N2CCc3ccccc3CC2)n1. The van der Waals surface area contributed by atoms with Crippen LogP contribution in [0.3, 0.4) is 0 Å². The quantitative estimate of drug-likeness (QED) is 0.891. The van der Waals surface area contributed by atoms with Crippen molar-refractivity contribution in [2.75, 3.05) is 30.4 Å². The molecule has 4 nitrogen and oxygen atoms in total. The van der Waals surface area contributed by atoms with Crippen LogP contribution in [0.25, 0.3) is 0 Å². The zero-order valence-electron chi connectivity index (χ0n) is 11.1. The molecule has 98 valence electrons. The van der Waals surface area contributed by atoms with Crippen LogP contribution in [0.5, 0.6) is 0 Å². The number of nitrogens with one attached hydrogen (secondary N) is 1. The molecule has 0 unspecified atom stereocenters. The monoisotopic (exact) mass is 254 g/mol. The molecule has 2 heterocycles. The van der Waals surface area contributed by atoms with Gasteiger partial charge in [-0.1, -0.05) is 24.3 Å². The second kappa shape index (κ2) is 5.26. The van der Waals surface area contributed by atoms with Gasteiger partial charge in [-0.25, -0.2) is 4.98 Å². The number of hydrogen-bond donors (Lipinski definition) is 1. The zero-order valence-corrected chi connectivity index (χ0v) is 11.1. The summed E-state index contributed by atoms with van der Waals surface area (Å²) in [4.78, 5) is 11.0. The van der Waals surface area contributed by atoms with E-state index in [-0.39, 0.29) is 0 Å². The molecule has 0 atom stereocenters. The van der Waals surface area contributed by atoms with Crippen LogP contribution in [0.15, 0.2) is 36.5 Å². The maximum absolute atomic E-state index is 4.52. The second-order valence-corrected chi connectivity index (χ2v) is 4.74. The summed E-state index contributed by atoms with van der Waals surface area (Å²) in [6, 6.07) is 10.7. The fourth-order valence-corrected chi connectivity index (χ4v) is 2.54. The molecule has 0 fully saturated rings. The third-order valence-corrected chi connectivity index (χ3v) is 3.61. The summed E-state index contributed by atoms with van der Waals surface area (Å²) in [6.07, 6.45) is 3.97. The van der Waals surface area contributed by atoms with Gasteiger partial charge in [0, 0.05) is 26.3 Å². The van der Waals surface area contributed by atoms with E-state index in [0.29, 0.717) is 5.95 Å². The Morgan fingerprint density at radius 3 is 2.37 bits per heavy atom. The molecule has 1 N–H and O–H groups in total. The number of aromatic nitrogens is 2. The second-order valence-electron chi connectivity index (χ2n) is 4.74. The van der Waals surface area contributed by atoms with Crippen molar-refractivity contribution in [2.24, 2.45) is 0 Å². The third-order valence-electron chi connectivity index (χ3n) is 3.61. The van der Waals surface area contributed by atoms with E-state index in [1.807, 2.05) is 19.3 Å². The van der Waals surface area contributed by atoms with Gasteiger partial charge in [0.15, 0.2) is 0 Å². The average Bonchev–Trinajstić information content (AvgIpc) is 2.70. The van der Waals surface area contributed by atoms with Crippen LogP contribution in [-0.2, 0) is 12.8 Å². The molecule has 0 saturated carbocycles. The van der Waals surface area contributed by atoms with Crippen molar-refractivity contribution < 1.29 is 0 Å². The summed E-state index contributed by atoms with van der Waals surface area (Å²) in [5.41, 5.74) is 2.93. The smallest absolute Gasteiger partial charge is 0.224 e. The Morgan fingerprint density at radius 2 is 1.74 bits per heavy atom. The number of anilines is 2. The van der Waals surface area contributed by atoms with Gasteiger partial charge in [-0.15, -0.1) is 0 Å². The Morgan fingerprint density at radius 1 is 1.05 bits per heavy atom. The molecular formula is C15H18N4. The maximum atomic E-state index is 4.52. The van der Waals surface area contributed by atoms with Gasteiger partial charge >= 0.3 is 0 Å². The van der Waals surface area contributed by atoms with Crippen molar-refractivity contribution in [3.8, 4) is 0 Å². The molecule has 0 radical (unpaired) electrons. The molecule has 3 rings (SSSR count). The van der Waals surface area contributed by atoms with E-state index in [2.05, 4.69) is 44.5 Å². The average molecular weight is 254 g/mol. The minimum atomic E-state index is 0.680. The normalized spacial score (nSPS) is 14.7. The van der Waals surface area contributed by atoms with Crippen molar-refractivity contribution in [1.29, 1.82) is 0 Å². The van der Waals surface area contributed by atoms with E-state index in [9.17, 15) is 0 Å². The van der Waals surface area contributed by atoms with Gasteiger partial charge in [0.2, 0.25) is 5.95 Å². The standard InChI is InChI=1S/C15H18N4/c1-16-15-17-9-6-14(18-15)19-10-7-12-4-2-3-5-13(12)8-11-19/h2-6,9H,7-8,10-11H2,1H3,(H,16,17,18). The zero-order chi connectivity index (χ0) is 13.1. The fourth-order valence-electron chi connectivity index (χ4n) is 2.54. The first-order valence-electron chi connectivity index (χ1n) is 6.69. The first-order chi connectivity index (χ1) is 9.36. The van der Waals surface area contributed by atoms with E-state index in [1.54, 1.807) is 0 Å². The van der Waals surface area contributed by atoms with Crippen molar-refractivity contribution in [3.63, 3.8) is 0 Å². The molecule has 0 amide bonds. The lowest BCUT2D eigenvalue weighted by Crippen LogP contribution is -2.27. The summed E-state index contributed by atoms with van der Waals surface area (Å²) in [6.45, 7) is 2.02. The predicted octanol–water partition coefficient (Wildman–Crippen LogP) is 2.12. The highest BCUT2D eigenvalue weighted by molar-refractivity contribution is 5.44. The lowest BCUT2D eigenvalue weighted by atomic mass is 10.0. The summed E-state index contributed by atoms with van der Waals surface area (Å²) < 4.78 is 0. The van der Waals surface area contributed by atoms with Crippen LogP contribution in [-0.4, -0.2) is 30.1 Å². The summed E-state index contributed by atoms with van der Waals surface area (Å²) >= 11 is 0. The Bertz CT molecular complexity index is 541. The van der Waals surface area contributed by atoms with E-state index < -0.39 is 0 Å². The number of nitrogens with zero attached hydrogens (tertiary/aromatic N) is 3. The highest BCUT2D eigenvalue weighted by Crippen LogP contribution is 2.19. The predicted molar refractivity (Wildman–Crippen MR) is 77.6 cm³/mol. The minimum absolute atomic E-state index is 0.680. The number of fused-ring (bicyclic) bond motifs is 1. The van der Waals surface area contributed by atoms with Crippen LogP contribution in [0.2, 0.25) is 0 Å². The van der Waals surface area contributed by atoms with E-state index in [4.69, 9.17) is 0 Å². The van der Waals surface area contributed by atoms with Crippen molar-refractivity contribution >= 4 is 11.8 Å².